The molecule has 5 N–H and O–H groups in total. The average molecular weight is 1040 g/mol. The Morgan fingerprint density at radius 1 is 0.348 bits per heavy atom. The van der Waals surface area contributed by atoms with Gasteiger partial charge in [-0.15, -0.1) is 0 Å². The number of unbranched alkanes of at least 4 members (excludes halogenated alkanes) is 1. The van der Waals surface area contributed by atoms with Gasteiger partial charge in [-0.3, -0.25) is 0 Å². The topological polar surface area (TPSA) is 129 Å². The monoisotopic (exact) mass is 1040 g/mol. The molecular weight excluding hydrogens is 941 g/mol. The van der Waals surface area contributed by atoms with E-state index in [1.54, 1.807) is 24.3 Å². The molecule has 388 valence electrons. The van der Waals surface area contributed by atoms with Crippen molar-refractivity contribution in [2.75, 3.05) is 28.4 Å². The fourth-order valence-corrected chi connectivity index (χ4v) is 31.2. The molecule has 0 amide bonds. The van der Waals surface area contributed by atoms with Crippen LogP contribution < -0.4 is 5.19 Å². The molecule has 0 aromatic heterocycles. The van der Waals surface area contributed by atoms with E-state index in [2.05, 4.69) is 187 Å². The molecule has 1 atom stereocenters. The summed E-state index contributed by atoms with van der Waals surface area (Å²) in [5.41, 5.74) is 4.33. The SMILES string of the molecule is CCCC[Si](C)(O[Si](C)(C)CCCc1ccccc1)O[Si](C)(C)c1ccccc1.CO.CO.CO.CO.C[Si](C)(CCCc1ccccc1)O[Si](C)(C)CCCc1ccccc1.Oc1ccccc1. The second-order valence-electron chi connectivity index (χ2n) is 19.1. The van der Waals surface area contributed by atoms with E-state index in [0.29, 0.717) is 5.75 Å². The highest BCUT2D eigenvalue weighted by atomic mass is 28.5. The summed E-state index contributed by atoms with van der Waals surface area (Å²) in [6, 6.07) is 56.8. The summed E-state index contributed by atoms with van der Waals surface area (Å²) in [6.45, 7) is 23.6. The molecule has 0 aliphatic carbocycles. The van der Waals surface area contributed by atoms with Gasteiger partial charge in [0.2, 0.25) is 8.32 Å². The van der Waals surface area contributed by atoms with Crippen molar-refractivity contribution in [3.63, 3.8) is 0 Å². The molecule has 0 saturated heterocycles. The van der Waals surface area contributed by atoms with E-state index in [1.165, 1.54) is 85.0 Å². The lowest BCUT2D eigenvalue weighted by atomic mass is 10.1. The quantitative estimate of drug-likeness (QED) is 0.0434. The summed E-state index contributed by atoms with van der Waals surface area (Å²) in [4.78, 5) is 0. The highest BCUT2D eigenvalue weighted by Gasteiger charge is 2.43. The molecule has 0 radical (unpaired) electrons. The van der Waals surface area contributed by atoms with E-state index in [9.17, 15) is 0 Å². The molecule has 0 saturated carbocycles. The fourth-order valence-electron chi connectivity index (χ4n) is 8.06. The third kappa shape index (κ3) is 33.8. The molecule has 0 heterocycles. The number of hydrogen-bond acceptors (Lipinski definition) is 8. The first-order valence-corrected chi connectivity index (χ1v) is 39.5. The molecule has 0 aliphatic rings. The smallest absolute Gasteiger partial charge is 0.314 e. The first-order chi connectivity index (χ1) is 32.9. The van der Waals surface area contributed by atoms with Gasteiger partial charge in [0, 0.05) is 28.4 Å². The molecule has 0 fully saturated rings. The number of para-hydroxylation sites is 1. The summed E-state index contributed by atoms with van der Waals surface area (Å²) in [5, 5.41) is 38.0. The number of rotatable bonds is 22. The fraction of sp³-hybridized carbons (Fsp3) is 0.464. The Morgan fingerprint density at radius 3 is 0.928 bits per heavy atom. The van der Waals surface area contributed by atoms with Crippen LogP contribution in [-0.4, -0.2) is 95.8 Å². The van der Waals surface area contributed by atoms with Crippen LogP contribution >= 0.6 is 0 Å². The van der Waals surface area contributed by atoms with Crippen LogP contribution in [0.3, 0.4) is 0 Å². The highest BCUT2D eigenvalue weighted by molar-refractivity contribution is 6.93. The van der Waals surface area contributed by atoms with E-state index >= 15 is 0 Å². The van der Waals surface area contributed by atoms with Crippen molar-refractivity contribution in [2.45, 2.75) is 141 Å². The van der Waals surface area contributed by atoms with E-state index in [1.807, 2.05) is 6.07 Å². The summed E-state index contributed by atoms with van der Waals surface area (Å²) in [5.74, 6) is 0.322. The van der Waals surface area contributed by atoms with Crippen LogP contribution in [0.15, 0.2) is 152 Å². The number of hydrogen-bond donors (Lipinski definition) is 5. The lowest BCUT2D eigenvalue weighted by Gasteiger charge is -2.41. The molecule has 5 rings (SSSR count). The minimum atomic E-state index is -2.23. The number of phenols is 1. The maximum absolute atomic E-state index is 8.63. The van der Waals surface area contributed by atoms with Crippen LogP contribution in [0.2, 0.25) is 83.1 Å². The number of aliphatic hydroxyl groups excluding tert-OH is 4. The summed E-state index contributed by atoms with van der Waals surface area (Å²) >= 11 is 0. The predicted octanol–water partition coefficient (Wildman–Crippen LogP) is 13.3. The van der Waals surface area contributed by atoms with Crippen molar-refractivity contribution >= 4 is 47.0 Å². The lowest BCUT2D eigenvalue weighted by Crippen LogP contribution is -2.58. The minimum Gasteiger partial charge on any atom is -0.508 e. The average Bonchev–Trinajstić information content (AvgIpc) is 3.34. The molecular formula is C56H96O8Si5. The summed E-state index contributed by atoms with van der Waals surface area (Å²) < 4.78 is 20.8. The van der Waals surface area contributed by atoms with Gasteiger partial charge in [0.15, 0.2) is 25.0 Å². The second kappa shape index (κ2) is 39.3. The standard InChI is InChI=1S/C24H40O2Si3.C22H34OSi2.C6H6O.4CH4O/c1-7-8-22-29(6,26-28(4,5)24-19-13-10-14-20-24)25-27(2,3)21-15-18-23-16-11-9-12-17-23;1-24(2,19-11-17-21-13-7-5-8-14-21)23-25(3,4)20-12-18-22-15-9-6-10-16-22;7-6-4-2-1-3-5-6;4*1-2/h9-14,16-17,19-20H,7-8,15,18,21-22H2,1-6H3;5-10,13-16H,11-12,17-20H2,1-4H3;1-5,7H;4*2H,1H3. The number of aromatic hydroxyl groups is 1. The predicted molar refractivity (Wildman–Crippen MR) is 310 cm³/mol. The Bertz CT molecular complexity index is 1820. The summed E-state index contributed by atoms with van der Waals surface area (Å²) in [6.07, 6.45) is 9.57. The number of benzene rings is 5. The van der Waals surface area contributed by atoms with Gasteiger partial charge in [-0.05, 0) is 156 Å². The van der Waals surface area contributed by atoms with E-state index in [0.717, 1.165) is 40.9 Å². The Morgan fingerprint density at radius 2 is 0.638 bits per heavy atom. The Balaban J connectivity index is 0. The second-order valence-corrected chi connectivity index (χ2v) is 39.9. The Kier molecular flexibility index (Phi) is 38.6. The van der Waals surface area contributed by atoms with Crippen LogP contribution in [-0.2, 0) is 31.6 Å². The summed E-state index contributed by atoms with van der Waals surface area (Å²) in [7, 11) is -5.12. The van der Waals surface area contributed by atoms with Gasteiger partial charge in [0.1, 0.15) is 5.75 Å². The van der Waals surface area contributed by atoms with Crippen LogP contribution in [0.4, 0.5) is 0 Å². The molecule has 5 aromatic carbocycles. The van der Waals surface area contributed by atoms with Crippen LogP contribution in [0.1, 0.15) is 55.7 Å². The lowest BCUT2D eigenvalue weighted by molar-refractivity contribution is 0.379. The molecule has 0 spiro atoms. The van der Waals surface area contributed by atoms with Crippen molar-refractivity contribution in [1.29, 1.82) is 0 Å². The first kappa shape index (κ1) is 67.8. The van der Waals surface area contributed by atoms with Crippen LogP contribution in [0, 0.1) is 0 Å². The largest absolute Gasteiger partial charge is 0.508 e. The molecule has 69 heavy (non-hydrogen) atoms. The molecule has 8 nitrogen and oxygen atoms in total. The molecule has 0 aliphatic heterocycles. The molecule has 5 aromatic rings. The van der Waals surface area contributed by atoms with Gasteiger partial charge in [0.05, 0.1) is 0 Å². The zero-order valence-corrected chi connectivity index (χ0v) is 50.4. The number of aliphatic hydroxyl groups is 4. The molecule has 13 heteroatoms. The van der Waals surface area contributed by atoms with Crippen molar-refractivity contribution in [2.24, 2.45) is 0 Å². The van der Waals surface area contributed by atoms with Gasteiger partial charge in [-0.25, -0.2) is 0 Å². The molecule has 0 bridgehead atoms. The Hall–Kier alpha value is -3.30. The number of aryl methyl sites for hydroxylation is 3. The van der Waals surface area contributed by atoms with Crippen molar-refractivity contribution in [1.82, 2.24) is 0 Å². The van der Waals surface area contributed by atoms with Crippen LogP contribution in [0.25, 0.3) is 0 Å². The van der Waals surface area contributed by atoms with Crippen molar-refractivity contribution in [3.05, 3.63) is 168 Å². The zero-order valence-electron chi connectivity index (χ0n) is 45.4. The van der Waals surface area contributed by atoms with E-state index in [4.69, 9.17) is 37.9 Å². The normalized spacial score (nSPS) is 11.8. The maximum atomic E-state index is 8.63. The van der Waals surface area contributed by atoms with Crippen molar-refractivity contribution < 1.29 is 37.9 Å². The van der Waals surface area contributed by atoms with E-state index < -0.39 is 41.8 Å². The third-order valence-electron chi connectivity index (χ3n) is 11.0. The third-order valence-corrected chi connectivity index (χ3v) is 30.8. The van der Waals surface area contributed by atoms with Gasteiger partial charge >= 0.3 is 8.56 Å². The number of phenolic OH excluding ortho intramolecular Hbond substituents is 1. The van der Waals surface area contributed by atoms with Crippen LogP contribution in [0.5, 0.6) is 5.75 Å². The molecule has 1 unspecified atom stereocenters. The zero-order chi connectivity index (χ0) is 52.7. The van der Waals surface area contributed by atoms with E-state index in [-0.39, 0.29) is 0 Å². The van der Waals surface area contributed by atoms with Gasteiger partial charge < -0.3 is 37.9 Å². The van der Waals surface area contributed by atoms with Gasteiger partial charge in [0.25, 0.3) is 0 Å². The minimum absolute atomic E-state index is 0.322. The van der Waals surface area contributed by atoms with Gasteiger partial charge in [-0.2, -0.15) is 0 Å². The highest BCUT2D eigenvalue weighted by Crippen LogP contribution is 2.29. The maximum Gasteiger partial charge on any atom is 0.314 e. The van der Waals surface area contributed by atoms with Gasteiger partial charge in [-0.1, -0.05) is 159 Å². The first-order valence-electron chi connectivity index (χ1n) is 24.7. The van der Waals surface area contributed by atoms with Crippen molar-refractivity contribution in [3.8, 4) is 5.75 Å². The Labute approximate surface area is 426 Å².